The molecule has 1 saturated heterocycles. The van der Waals surface area contributed by atoms with Crippen LogP contribution in [0.25, 0.3) is 0 Å². The average molecular weight is 285 g/mol. The minimum atomic E-state index is -3.05. The van der Waals surface area contributed by atoms with Crippen LogP contribution in [-0.2, 0) is 14.6 Å². The molecule has 4 nitrogen and oxygen atoms in total. The Morgan fingerprint density at radius 1 is 1.32 bits per heavy atom. The fraction of sp³-hybridized carbons (Fsp3) is 0.786. The first-order valence-corrected chi connectivity index (χ1v) is 9.07. The molecule has 1 heterocycles. The third kappa shape index (κ3) is 4.06. The standard InChI is InChI=1S/C14H23NO3S/c1-19(17,18)11-6-13(16)15-10-5-9-14(12-15)7-3-2-4-8-14/h2-3H,4-12H2,1H3/t14-/m0/s1. The molecule has 108 valence electrons. The van der Waals surface area contributed by atoms with Crippen molar-refractivity contribution in [3.05, 3.63) is 12.2 Å². The van der Waals surface area contributed by atoms with E-state index in [2.05, 4.69) is 12.2 Å². The second-order valence-corrected chi connectivity index (χ2v) is 8.27. The lowest BCUT2D eigenvalue weighted by molar-refractivity contribution is -0.134. The molecule has 1 spiro atoms. The van der Waals surface area contributed by atoms with Crippen molar-refractivity contribution in [1.29, 1.82) is 0 Å². The quantitative estimate of drug-likeness (QED) is 0.743. The van der Waals surface area contributed by atoms with Gasteiger partial charge in [0.25, 0.3) is 0 Å². The maximum absolute atomic E-state index is 12.1. The molecule has 0 aromatic rings. The molecule has 2 aliphatic rings. The normalized spacial score (nSPS) is 27.7. The second-order valence-electron chi connectivity index (χ2n) is 6.01. The Bertz CT molecular complexity index is 469. The molecule has 1 amide bonds. The molecule has 5 heteroatoms. The molecule has 1 atom stereocenters. The van der Waals surface area contributed by atoms with Gasteiger partial charge in [0, 0.05) is 25.8 Å². The van der Waals surface area contributed by atoms with E-state index in [4.69, 9.17) is 0 Å². The minimum absolute atomic E-state index is 0.000877. The van der Waals surface area contributed by atoms with Crippen LogP contribution < -0.4 is 0 Å². The Kier molecular flexibility index (Phi) is 4.33. The van der Waals surface area contributed by atoms with E-state index in [1.165, 1.54) is 12.7 Å². The number of nitrogens with zero attached hydrogens (tertiary/aromatic N) is 1. The summed E-state index contributed by atoms with van der Waals surface area (Å²) in [6.07, 6.45) is 11.3. The number of piperidine rings is 1. The highest BCUT2D eigenvalue weighted by Gasteiger charge is 2.36. The molecule has 0 aromatic carbocycles. The van der Waals surface area contributed by atoms with E-state index < -0.39 is 9.84 Å². The third-order valence-electron chi connectivity index (χ3n) is 4.26. The van der Waals surface area contributed by atoms with Crippen molar-refractivity contribution in [2.45, 2.75) is 38.5 Å². The van der Waals surface area contributed by atoms with Gasteiger partial charge in [-0.25, -0.2) is 8.42 Å². The number of carbonyl (C=O) groups is 1. The van der Waals surface area contributed by atoms with Crippen LogP contribution in [0.5, 0.6) is 0 Å². The molecule has 1 fully saturated rings. The number of hydrogen-bond acceptors (Lipinski definition) is 3. The van der Waals surface area contributed by atoms with Crippen molar-refractivity contribution in [2.24, 2.45) is 5.41 Å². The van der Waals surface area contributed by atoms with Gasteiger partial charge < -0.3 is 4.90 Å². The molecule has 19 heavy (non-hydrogen) atoms. The number of rotatable bonds is 3. The van der Waals surface area contributed by atoms with E-state index in [0.29, 0.717) is 0 Å². The van der Waals surface area contributed by atoms with Gasteiger partial charge in [-0.2, -0.15) is 0 Å². The lowest BCUT2D eigenvalue weighted by atomic mass is 9.71. The van der Waals surface area contributed by atoms with Crippen LogP contribution in [0.2, 0.25) is 0 Å². The molecule has 0 unspecified atom stereocenters. The second kappa shape index (κ2) is 5.65. The van der Waals surface area contributed by atoms with E-state index >= 15 is 0 Å². The van der Waals surface area contributed by atoms with E-state index in [1.807, 2.05) is 4.90 Å². The molecule has 0 aromatic heterocycles. The van der Waals surface area contributed by atoms with Gasteiger partial charge in [-0.15, -0.1) is 0 Å². The van der Waals surface area contributed by atoms with Crippen molar-refractivity contribution in [2.75, 3.05) is 25.1 Å². The maximum atomic E-state index is 12.1. The SMILES string of the molecule is CS(=O)(=O)CCC(=O)N1CCC[C@@]2(CC=CCC2)C1. The first kappa shape index (κ1) is 14.6. The molecular formula is C14H23NO3S. The summed E-state index contributed by atoms with van der Waals surface area (Å²) < 4.78 is 22.3. The fourth-order valence-corrected chi connectivity index (χ4v) is 3.71. The summed E-state index contributed by atoms with van der Waals surface area (Å²) in [5.41, 5.74) is 0.258. The summed E-state index contributed by atoms with van der Waals surface area (Å²) in [6.45, 7) is 1.59. The van der Waals surface area contributed by atoms with Crippen molar-refractivity contribution in [3.8, 4) is 0 Å². The van der Waals surface area contributed by atoms with Gasteiger partial charge >= 0.3 is 0 Å². The van der Waals surface area contributed by atoms with Crippen LogP contribution in [0.15, 0.2) is 12.2 Å². The molecular weight excluding hydrogens is 262 g/mol. The van der Waals surface area contributed by atoms with E-state index in [-0.39, 0.29) is 23.5 Å². The maximum Gasteiger partial charge on any atom is 0.223 e. The van der Waals surface area contributed by atoms with Crippen LogP contribution in [0, 0.1) is 5.41 Å². The van der Waals surface area contributed by atoms with E-state index in [9.17, 15) is 13.2 Å². The van der Waals surface area contributed by atoms with Crippen LogP contribution >= 0.6 is 0 Å². The minimum Gasteiger partial charge on any atom is -0.342 e. The fourth-order valence-electron chi connectivity index (χ4n) is 3.17. The zero-order valence-corrected chi connectivity index (χ0v) is 12.4. The molecule has 0 radical (unpaired) electrons. The monoisotopic (exact) mass is 285 g/mol. The molecule has 0 N–H and O–H groups in total. The lowest BCUT2D eigenvalue weighted by Crippen LogP contribution is -2.46. The zero-order chi connectivity index (χ0) is 13.9. The summed E-state index contributed by atoms with van der Waals surface area (Å²) in [7, 11) is -3.05. The van der Waals surface area contributed by atoms with Gasteiger partial charge in [-0.3, -0.25) is 4.79 Å². The zero-order valence-electron chi connectivity index (χ0n) is 11.6. The predicted molar refractivity (Wildman–Crippen MR) is 75.6 cm³/mol. The number of allylic oxidation sites excluding steroid dienone is 2. The largest absolute Gasteiger partial charge is 0.342 e. The molecule has 0 bridgehead atoms. The van der Waals surface area contributed by atoms with Crippen molar-refractivity contribution in [1.82, 2.24) is 4.90 Å². The Morgan fingerprint density at radius 2 is 2.11 bits per heavy atom. The summed E-state index contributed by atoms with van der Waals surface area (Å²) in [5.74, 6) is -0.0334. The van der Waals surface area contributed by atoms with Gasteiger partial charge in [0.2, 0.25) is 5.91 Å². The van der Waals surface area contributed by atoms with Crippen molar-refractivity contribution >= 4 is 15.7 Å². The van der Waals surface area contributed by atoms with Crippen LogP contribution in [0.1, 0.15) is 38.5 Å². The van der Waals surface area contributed by atoms with Crippen LogP contribution in [0.4, 0.5) is 0 Å². The van der Waals surface area contributed by atoms with Gasteiger partial charge in [-0.1, -0.05) is 12.2 Å². The lowest BCUT2D eigenvalue weighted by Gasteiger charge is -2.44. The highest BCUT2D eigenvalue weighted by atomic mass is 32.2. The summed E-state index contributed by atoms with van der Waals surface area (Å²) in [5, 5.41) is 0. The van der Waals surface area contributed by atoms with Crippen molar-refractivity contribution < 1.29 is 13.2 Å². The van der Waals surface area contributed by atoms with Gasteiger partial charge in [0.05, 0.1) is 5.75 Å². The Morgan fingerprint density at radius 3 is 2.74 bits per heavy atom. The van der Waals surface area contributed by atoms with Gasteiger partial charge in [-0.05, 0) is 37.5 Å². The Labute approximate surface area is 115 Å². The highest BCUT2D eigenvalue weighted by Crippen LogP contribution is 2.40. The van der Waals surface area contributed by atoms with Crippen LogP contribution in [0.3, 0.4) is 0 Å². The van der Waals surface area contributed by atoms with E-state index in [0.717, 1.165) is 38.8 Å². The smallest absolute Gasteiger partial charge is 0.223 e. The molecule has 0 saturated carbocycles. The number of sulfone groups is 1. The van der Waals surface area contributed by atoms with Gasteiger partial charge in [0.1, 0.15) is 9.84 Å². The Hall–Kier alpha value is -0.840. The Balaban J connectivity index is 1.93. The number of hydrogen-bond donors (Lipinski definition) is 0. The third-order valence-corrected chi connectivity index (χ3v) is 5.21. The summed E-state index contributed by atoms with van der Waals surface area (Å²) in [4.78, 5) is 14.0. The van der Waals surface area contributed by atoms with E-state index in [1.54, 1.807) is 0 Å². The summed E-state index contributed by atoms with van der Waals surface area (Å²) in [6, 6.07) is 0. The molecule has 1 aliphatic heterocycles. The number of likely N-dealkylation sites (tertiary alicyclic amines) is 1. The number of amides is 1. The average Bonchev–Trinajstić information content (AvgIpc) is 2.36. The van der Waals surface area contributed by atoms with Gasteiger partial charge in [0.15, 0.2) is 0 Å². The topological polar surface area (TPSA) is 54.5 Å². The number of carbonyl (C=O) groups excluding carboxylic acids is 1. The molecule has 2 rings (SSSR count). The predicted octanol–water partition coefficient (Wildman–Crippen LogP) is 1.77. The first-order valence-electron chi connectivity index (χ1n) is 7.01. The highest BCUT2D eigenvalue weighted by molar-refractivity contribution is 7.90. The van der Waals surface area contributed by atoms with Crippen molar-refractivity contribution in [3.63, 3.8) is 0 Å². The molecule has 1 aliphatic carbocycles. The summed E-state index contributed by atoms with van der Waals surface area (Å²) >= 11 is 0. The van der Waals surface area contributed by atoms with Crippen LogP contribution in [-0.4, -0.2) is 44.3 Å². The first-order chi connectivity index (χ1) is 8.90.